The van der Waals surface area contributed by atoms with E-state index in [0.717, 1.165) is 22.2 Å². The van der Waals surface area contributed by atoms with E-state index >= 15 is 0 Å². The molecule has 2 aromatic carbocycles. The van der Waals surface area contributed by atoms with Crippen LogP contribution < -0.4 is 24.4 Å². The molecule has 5 rings (SSSR count). The topological polar surface area (TPSA) is 94.9 Å². The number of thiazole rings is 1. The first-order valence-electron chi connectivity index (χ1n) is 12.0. The molecular weight excluding hydrogens is 570 g/mol. The van der Waals surface area contributed by atoms with Gasteiger partial charge in [0.2, 0.25) is 0 Å². The first-order chi connectivity index (χ1) is 18.3. The standard InChI is InChI=1S/C28H26BrN3O5S/c1-6-37-27(34)24-15(3)31-28-32(25(24)18-11-21(35-4)22(36-5)13-19(18)29)26(33)23(38-28)12-17-14(2)30-20-10-8-7-9-16(17)20/h7-13,25,30H,6H2,1-5H3/b23-12-/t25-/m0/s1. The molecule has 0 unspecified atom stereocenters. The van der Waals surface area contributed by atoms with E-state index in [-0.39, 0.29) is 12.2 Å². The summed E-state index contributed by atoms with van der Waals surface area (Å²) in [5.74, 6) is 0.464. The molecule has 0 bridgehead atoms. The van der Waals surface area contributed by atoms with Crippen molar-refractivity contribution in [2.75, 3.05) is 20.8 Å². The first kappa shape index (κ1) is 26.0. The van der Waals surface area contributed by atoms with E-state index in [0.29, 0.717) is 42.1 Å². The summed E-state index contributed by atoms with van der Waals surface area (Å²) in [4.78, 5) is 35.8. The Hall–Kier alpha value is -3.63. The van der Waals surface area contributed by atoms with Crippen molar-refractivity contribution in [2.45, 2.75) is 26.8 Å². The molecule has 0 radical (unpaired) electrons. The number of nitrogens with one attached hydrogen (secondary N) is 1. The number of H-pyrrole nitrogens is 1. The average Bonchev–Trinajstić information content (AvgIpc) is 3.38. The minimum Gasteiger partial charge on any atom is -0.493 e. The molecule has 3 heterocycles. The summed E-state index contributed by atoms with van der Waals surface area (Å²) in [5, 5.41) is 1.03. The Morgan fingerprint density at radius 2 is 1.89 bits per heavy atom. The summed E-state index contributed by atoms with van der Waals surface area (Å²) in [7, 11) is 3.09. The highest BCUT2D eigenvalue weighted by atomic mass is 79.9. The fourth-order valence-corrected chi connectivity index (χ4v) is 6.35. The summed E-state index contributed by atoms with van der Waals surface area (Å²) in [6.45, 7) is 5.68. The number of halogens is 1. The van der Waals surface area contributed by atoms with Crippen LogP contribution in [0, 0.1) is 6.92 Å². The van der Waals surface area contributed by atoms with Crippen molar-refractivity contribution in [1.82, 2.24) is 9.55 Å². The summed E-state index contributed by atoms with van der Waals surface area (Å²) >= 11 is 4.91. The zero-order chi connectivity index (χ0) is 27.1. The number of methoxy groups -OCH3 is 2. The molecule has 1 N–H and O–H groups in total. The van der Waals surface area contributed by atoms with Crippen LogP contribution in [0.3, 0.4) is 0 Å². The minimum atomic E-state index is -0.786. The van der Waals surface area contributed by atoms with Crippen molar-refractivity contribution < 1.29 is 19.0 Å². The van der Waals surface area contributed by atoms with Crippen LogP contribution in [0.15, 0.2) is 61.9 Å². The maximum absolute atomic E-state index is 14.0. The van der Waals surface area contributed by atoms with Gasteiger partial charge in [-0.3, -0.25) is 9.36 Å². The fourth-order valence-electron chi connectivity index (χ4n) is 4.78. The molecule has 0 saturated heterocycles. The summed E-state index contributed by atoms with van der Waals surface area (Å²) in [5.41, 5.74) is 4.08. The van der Waals surface area contributed by atoms with E-state index in [1.54, 1.807) is 37.7 Å². The van der Waals surface area contributed by atoms with Crippen LogP contribution in [-0.4, -0.2) is 36.3 Å². The Morgan fingerprint density at radius 1 is 1.18 bits per heavy atom. The van der Waals surface area contributed by atoms with Crippen molar-refractivity contribution in [3.8, 4) is 11.5 Å². The summed E-state index contributed by atoms with van der Waals surface area (Å²) < 4.78 is 19.1. The van der Waals surface area contributed by atoms with Crippen molar-refractivity contribution in [2.24, 2.45) is 4.99 Å². The maximum atomic E-state index is 14.0. The number of esters is 1. The monoisotopic (exact) mass is 595 g/mol. The number of rotatable bonds is 6. The third kappa shape index (κ3) is 4.27. The molecular formula is C28H26BrN3O5S. The van der Waals surface area contributed by atoms with Crippen LogP contribution in [-0.2, 0) is 9.53 Å². The van der Waals surface area contributed by atoms with Gasteiger partial charge in [0.1, 0.15) is 0 Å². The molecule has 0 spiro atoms. The molecule has 196 valence electrons. The normalized spacial score (nSPS) is 15.4. The minimum absolute atomic E-state index is 0.194. The number of aryl methyl sites for hydroxylation is 1. The number of para-hydroxylation sites is 1. The molecule has 2 aromatic heterocycles. The number of fused-ring (bicyclic) bond motifs is 2. The van der Waals surface area contributed by atoms with Crippen LogP contribution in [0.1, 0.15) is 36.7 Å². The van der Waals surface area contributed by atoms with Crippen LogP contribution in [0.2, 0.25) is 0 Å². The Labute approximate surface area is 231 Å². The Morgan fingerprint density at radius 3 is 2.61 bits per heavy atom. The molecule has 0 aliphatic carbocycles. The van der Waals surface area contributed by atoms with Crippen LogP contribution in [0.5, 0.6) is 11.5 Å². The van der Waals surface area contributed by atoms with Gasteiger partial charge in [-0.15, -0.1) is 0 Å². The quantitative estimate of drug-likeness (QED) is 0.334. The Bertz CT molecular complexity index is 1800. The highest BCUT2D eigenvalue weighted by molar-refractivity contribution is 9.10. The lowest BCUT2D eigenvalue weighted by Crippen LogP contribution is -2.40. The Balaban J connectivity index is 1.80. The molecule has 38 heavy (non-hydrogen) atoms. The molecule has 1 aliphatic heterocycles. The van der Waals surface area contributed by atoms with E-state index < -0.39 is 12.0 Å². The van der Waals surface area contributed by atoms with Gasteiger partial charge < -0.3 is 19.2 Å². The number of benzene rings is 2. The molecule has 1 atom stereocenters. The Kier molecular flexibility index (Phi) is 7.02. The molecule has 4 aromatic rings. The summed E-state index contributed by atoms with van der Waals surface area (Å²) in [6, 6.07) is 10.7. The van der Waals surface area contributed by atoms with Crippen LogP contribution in [0.25, 0.3) is 17.0 Å². The van der Waals surface area contributed by atoms with Gasteiger partial charge in [0.05, 0.1) is 42.7 Å². The molecule has 8 nitrogen and oxygen atoms in total. The SMILES string of the molecule is CCOC(=O)C1=C(C)N=c2s/c(=C\c3c(C)[nH]c4ccccc34)c(=O)n2[C@H]1c1cc(OC)c(OC)cc1Br. The number of hydrogen-bond donors (Lipinski definition) is 1. The number of aromatic nitrogens is 2. The average molecular weight is 597 g/mol. The summed E-state index contributed by atoms with van der Waals surface area (Å²) in [6.07, 6.45) is 1.89. The van der Waals surface area contributed by atoms with Gasteiger partial charge >= 0.3 is 5.97 Å². The second kappa shape index (κ2) is 10.3. The molecule has 10 heteroatoms. The fraction of sp³-hybridized carbons (Fsp3) is 0.250. The third-order valence-electron chi connectivity index (χ3n) is 6.53. The molecule has 0 saturated carbocycles. The maximum Gasteiger partial charge on any atom is 0.338 e. The lowest BCUT2D eigenvalue weighted by Gasteiger charge is -2.26. The molecule has 0 amide bonds. The van der Waals surface area contributed by atoms with Crippen LogP contribution in [0.4, 0.5) is 0 Å². The van der Waals surface area contributed by atoms with Gasteiger partial charge in [0, 0.05) is 26.6 Å². The van der Waals surface area contributed by atoms with Crippen molar-refractivity contribution in [1.29, 1.82) is 0 Å². The van der Waals surface area contributed by atoms with Crippen molar-refractivity contribution in [3.05, 3.63) is 88.6 Å². The lowest BCUT2D eigenvalue weighted by atomic mass is 9.95. The predicted octanol–water partition coefficient (Wildman–Crippen LogP) is 4.37. The smallest absolute Gasteiger partial charge is 0.338 e. The van der Waals surface area contributed by atoms with E-state index in [2.05, 4.69) is 25.9 Å². The van der Waals surface area contributed by atoms with Crippen molar-refractivity contribution >= 4 is 50.2 Å². The third-order valence-corrected chi connectivity index (χ3v) is 8.20. The number of nitrogens with zero attached hydrogens (tertiary/aromatic N) is 2. The van der Waals surface area contributed by atoms with Gasteiger partial charge in [0.15, 0.2) is 16.3 Å². The second-order valence-corrected chi connectivity index (χ2v) is 10.6. The van der Waals surface area contributed by atoms with Crippen molar-refractivity contribution in [3.63, 3.8) is 0 Å². The first-order valence-corrected chi connectivity index (χ1v) is 13.6. The van der Waals surface area contributed by atoms with Gasteiger partial charge in [-0.2, -0.15) is 0 Å². The lowest BCUT2D eigenvalue weighted by molar-refractivity contribution is -0.139. The van der Waals surface area contributed by atoms with E-state index in [4.69, 9.17) is 14.2 Å². The van der Waals surface area contributed by atoms with E-state index in [1.807, 2.05) is 37.3 Å². The van der Waals surface area contributed by atoms with Gasteiger partial charge in [-0.05, 0) is 50.6 Å². The largest absolute Gasteiger partial charge is 0.493 e. The molecule has 0 fully saturated rings. The highest BCUT2D eigenvalue weighted by Crippen LogP contribution is 2.40. The second-order valence-electron chi connectivity index (χ2n) is 8.74. The molecule has 1 aliphatic rings. The van der Waals surface area contributed by atoms with Gasteiger partial charge in [-0.25, -0.2) is 9.79 Å². The zero-order valence-electron chi connectivity index (χ0n) is 21.5. The van der Waals surface area contributed by atoms with Crippen LogP contribution >= 0.6 is 27.3 Å². The number of carbonyl (C=O) groups is 1. The highest BCUT2D eigenvalue weighted by Gasteiger charge is 2.35. The van der Waals surface area contributed by atoms with Gasteiger partial charge in [-0.1, -0.05) is 45.5 Å². The predicted molar refractivity (Wildman–Crippen MR) is 151 cm³/mol. The number of ether oxygens (including phenoxy) is 3. The van der Waals surface area contributed by atoms with E-state index in [9.17, 15) is 9.59 Å². The number of allylic oxidation sites excluding steroid dienone is 1. The number of carbonyl (C=O) groups excluding carboxylic acids is 1. The number of aromatic amines is 1. The number of hydrogen-bond acceptors (Lipinski definition) is 7. The van der Waals surface area contributed by atoms with Gasteiger partial charge in [0.25, 0.3) is 5.56 Å². The van der Waals surface area contributed by atoms with E-state index in [1.165, 1.54) is 18.4 Å². The zero-order valence-corrected chi connectivity index (χ0v) is 24.0.